The minimum Gasteiger partial charge on any atom is -0.497 e. The molecule has 0 bridgehead atoms. The molecule has 128 valence electrons. The molecule has 3 aromatic rings. The number of H-pyrrole nitrogens is 1. The summed E-state index contributed by atoms with van der Waals surface area (Å²) in [4.78, 5) is 19.5. The number of nitrogens with one attached hydrogen (secondary N) is 3. The first kappa shape index (κ1) is 16.6. The number of aromatic nitrogens is 2. The minimum atomic E-state index is -0.250. The number of benzene rings is 2. The van der Waals surface area contributed by atoms with Crippen molar-refractivity contribution in [3.8, 4) is 17.0 Å². The van der Waals surface area contributed by atoms with Crippen LogP contribution in [0.1, 0.15) is 5.82 Å². The first-order chi connectivity index (χ1) is 12.2. The van der Waals surface area contributed by atoms with Gasteiger partial charge in [-0.05, 0) is 29.8 Å². The predicted molar refractivity (Wildman–Crippen MR) is 97.7 cm³/mol. The lowest BCUT2D eigenvalue weighted by molar-refractivity contribution is 0.252. The highest BCUT2D eigenvalue weighted by Crippen LogP contribution is 2.16. The Labute approximate surface area is 146 Å². The van der Waals surface area contributed by atoms with Crippen LogP contribution in [0, 0.1) is 0 Å². The second kappa shape index (κ2) is 8.01. The van der Waals surface area contributed by atoms with E-state index in [9.17, 15) is 4.79 Å². The molecule has 0 aliphatic carbocycles. The van der Waals surface area contributed by atoms with Gasteiger partial charge in [0.15, 0.2) is 0 Å². The van der Waals surface area contributed by atoms with Crippen LogP contribution in [0.2, 0.25) is 0 Å². The van der Waals surface area contributed by atoms with E-state index in [-0.39, 0.29) is 6.03 Å². The van der Waals surface area contributed by atoms with Crippen LogP contribution in [0.25, 0.3) is 11.3 Å². The average Bonchev–Trinajstić information content (AvgIpc) is 3.12. The van der Waals surface area contributed by atoms with Crippen LogP contribution >= 0.6 is 0 Å². The van der Waals surface area contributed by atoms with Gasteiger partial charge in [0, 0.05) is 18.7 Å². The van der Waals surface area contributed by atoms with E-state index in [2.05, 4.69) is 20.6 Å². The van der Waals surface area contributed by atoms with Gasteiger partial charge in [-0.15, -0.1) is 0 Å². The number of anilines is 1. The molecule has 0 saturated heterocycles. The number of hydrogen-bond acceptors (Lipinski definition) is 3. The number of rotatable bonds is 6. The van der Waals surface area contributed by atoms with Crippen LogP contribution < -0.4 is 15.4 Å². The van der Waals surface area contributed by atoms with Gasteiger partial charge in [-0.3, -0.25) is 0 Å². The molecule has 1 heterocycles. The van der Waals surface area contributed by atoms with E-state index < -0.39 is 0 Å². The number of amides is 2. The highest BCUT2D eigenvalue weighted by Gasteiger charge is 2.05. The van der Waals surface area contributed by atoms with Crippen LogP contribution in [0.3, 0.4) is 0 Å². The normalized spacial score (nSPS) is 10.3. The maximum absolute atomic E-state index is 11.9. The highest BCUT2D eigenvalue weighted by atomic mass is 16.5. The number of aromatic amines is 1. The summed E-state index contributed by atoms with van der Waals surface area (Å²) in [5.74, 6) is 1.58. The number of ether oxygens (including phenoxy) is 1. The molecule has 0 spiro atoms. The van der Waals surface area contributed by atoms with Gasteiger partial charge >= 0.3 is 6.03 Å². The first-order valence-electron chi connectivity index (χ1n) is 8.03. The summed E-state index contributed by atoms with van der Waals surface area (Å²) in [5.41, 5.74) is 2.77. The third kappa shape index (κ3) is 4.60. The van der Waals surface area contributed by atoms with E-state index >= 15 is 0 Å². The second-order valence-electron chi connectivity index (χ2n) is 5.47. The Hall–Kier alpha value is -3.28. The number of nitrogens with zero attached hydrogens (tertiary/aromatic N) is 1. The molecule has 6 heteroatoms. The van der Waals surface area contributed by atoms with Gasteiger partial charge in [-0.2, -0.15) is 0 Å². The maximum atomic E-state index is 11.9. The van der Waals surface area contributed by atoms with Crippen molar-refractivity contribution in [2.75, 3.05) is 19.0 Å². The summed E-state index contributed by atoms with van der Waals surface area (Å²) in [5, 5.41) is 5.59. The van der Waals surface area contributed by atoms with Crippen LogP contribution in [0.15, 0.2) is 60.8 Å². The summed E-state index contributed by atoms with van der Waals surface area (Å²) in [6.45, 7) is 0.490. The lowest BCUT2D eigenvalue weighted by Crippen LogP contribution is -2.30. The smallest absolute Gasteiger partial charge is 0.319 e. The van der Waals surface area contributed by atoms with Crippen LogP contribution in [-0.2, 0) is 6.42 Å². The van der Waals surface area contributed by atoms with E-state index in [1.54, 1.807) is 31.4 Å². The van der Waals surface area contributed by atoms with E-state index in [0.717, 1.165) is 22.8 Å². The topological polar surface area (TPSA) is 79.0 Å². The standard InChI is InChI=1S/C19H20N4O2/c1-25-16-9-7-15(8-10-16)22-19(24)20-12-11-18-21-13-17(23-18)14-5-3-2-4-6-14/h2-10,13H,11-12H2,1H3,(H,21,23)(H2,20,22,24). The number of imidazole rings is 1. The maximum Gasteiger partial charge on any atom is 0.319 e. The van der Waals surface area contributed by atoms with Gasteiger partial charge in [0.2, 0.25) is 0 Å². The van der Waals surface area contributed by atoms with E-state index in [4.69, 9.17) is 4.74 Å². The summed E-state index contributed by atoms with van der Waals surface area (Å²) in [6, 6.07) is 16.9. The third-order valence-corrected chi connectivity index (χ3v) is 3.71. The molecule has 2 aromatic carbocycles. The molecule has 0 radical (unpaired) electrons. The molecule has 0 atom stereocenters. The fourth-order valence-electron chi connectivity index (χ4n) is 2.40. The molecule has 6 nitrogen and oxygen atoms in total. The van der Waals surface area contributed by atoms with Crippen molar-refractivity contribution in [2.45, 2.75) is 6.42 Å². The van der Waals surface area contributed by atoms with Gasteiger partial charge in [-0.1, -0.05) is 30.3 Å². The first-order valence-corrected chi connectivity index (χ1v) is 8.03. The molecule has 0 fully saturated rings. The Bertz CT molecular complexity index is 813. The molecule has 0 aliphatic heterocycles. The molecule has 25 heavy (non-hydrogen) atoms. The summed E-state index contributed by atoms with van der Waals surface area (Å²) >= 11 is 0. The lowest BCUT2D eigenvalue weighted by atomic mass is 10.2. The lowest BCUT2D eigenvalue weighted by Gasteiger charge is -2.07. The zero-order valence-electron chi connectivity index (χ0n) is 14.0. The Morgan fingerprint density at radius 2 is 1.88 bits per heavy atom. The summed E-state index contributed by atoms with van der Waals surface area (Å²) in [7, 11) is 1.60. The highest BCUT2D eigenvalue weighted by molar-refractivity contribution is 5.89. The SMILES string of the molecule is COc1ccc(NC(=O)NCCc2ncc(-c3ccccc3)[nH]2)cc1. The molecule has 0 unspecified atom stereocenters. The quantitative estimate of drug-likeness (QED) is 0.645. The largest absolute Gasteiger partial charge is 0.497 e. The Kier molecular flexibility index (Phi) is 5.31. The van der Waals surface area contributed by atoms with Gasteiger partial charge < -0.3 is 20.4 Å². The average molecular weight is 336 g/mol. The molecule has 0 saturated carbocycles. The number of carbonyl (C=O) groups is 1. The van der Waals surface area contributed by atoms with Crippen molar-refractivity contribution in [3.63, 3.8) is 0 Å². The Morgan fingerprint density at radius 1 is 1.12 bits per heavy atom. The minimum absolute atomic E-state index is 0.250. The molecule has 2 amide bonds. The second-order valence-corrected chi connectivity index (χ2v) is 5.47. The Morgan fingerprint density at radius 3 is 2.60 bits per heavy atom. The zero-order chi connectivity index (χ0) is 17.5. The fourth-order valence-corrected chi connectivity index (χ4v) is 2.40. The van der Waals surface area contributed by atoms with Crippen LogP contribution in [0.4, 0.5) is 10.5 Å². The van der Waals surface area contributed by atoms with Gasteiger partial charge in [0.1, 0.15) is 11.6 Å². The van der Waals surface area contributed by atoms with Gasteiger partial charge in [0.25, 0.3) is 0 Å². The molecular weight excluding hydrogens is 316 g/mol. The van der Waals surface area contributed by atoms with Crippen molar-refractivity contribution in [1.82, 2.24) is 15.3 Å². The van der Waals surface area contributed by atoms with Gasteiger partial charge in [0.05, 0.1) is 19.0 Å². The van der Waals surface area contributed by atoms with Crippen molar-refractivity contribution in [1.29, 1.82) is 0 Å². The molecule has 3 N–H and O–H groups in total. The number of methoxy groups -OCH3 is 1. The summed E-state index contributed by atoms with van der Waals surface area (Å²) in [6.07, 6.45) is 2.44. The zero-order valence-corrected chi connectivity index (χ0v) is 14.0. The van der Waals surface area contributed by atoms with Crippen molar-refractivity contribution < 1.29 is 9.53 Å². The summed E-state index contributed by atoms with van der Waals surface area (Å²) < 4.78 is 5.08. The number of hydrogen-bond donors (Lipinski definition) is 3. The van der Waals surface area contributed by atoms with Crippen LogP contribution in [-0.4, -0.2) is 29.7 Å². The number of carbonyl (C=O) groups excluding carboxylic acids is 1. The molecule has 1 aromatic heterocycles. The Balaban J connectivity index is 1.46. The molecule has 0 aliphatic rings. The van der Waals surface area contributed by atoms with E-state index in [1.165, 1.54) is 0 Å². The fraction of sp³-hybridized carbons (Fsp3) is 0.158. The van der Waals surface area contributed by atoms with E-state index in [1.807, 2.05) is 36.5 Å². The predicted octanol–water partition coefficient (Wildman–Crippen LogP) is 3.45. The third-order valence-electron chi connectivity index (χ3n) is 3.71. The van der Waals surface area contributed by atoms with E-state index in [0.29, 0.717) is 18.7 Å². The van der Waals surface area contributed by atoms with Crippen molar-refractivity contribution in [2.24, 2.45) is 0 Å². The van der Waals surface area contributed by atoms with Gasteiger partial charge in [-0.25, -0.2) is 9.78 Å². The number of urea groups is 1. The molecular formula is C19H20N4O2. The van der Waals surface area contributed by atoms with Crippen molar-refractivity contribution in [3.05, 3.63) is 66.6 Å². The van der Waals surface area contributed by atoms with Crippen molar-refractivity contribution >= 4 is 11.7 Å². The van der Waals surface area contributed by atoms with Crippen LogP contribution in [0.5, 0.6) is 5.75 Å². The monoisotopic (exact) mass is 336 g/mol. The molecule has 3 rings (SSSR count).